The van der Waals surface area contributed by atoms with E-state index in [1.54, 1.807) is 11.0 Å². The molecule has 2 aromatic carbocycles. The van der Waals surface area contributed by atoms with E-state index in [4.69, 9.17) is 0 Å². The number of anilines is 1. The van der Waals surface area contributed by atoms with Crippen molar-refractivity contribution < 1.29 is 9.59 Å². The van der Waals surface area contributed by atoms with E-state index in [0.29, 0.717) is 23.7 Å². The number of carbonyl (C=O) groups is 2. The first kappa shape index (κ1) is 17.9. The van der Waals surface area contributed by atoms with Crippen molar-refractivity contribution in [1.82, 2.24) is 4.90 Å². The van der Waals surface area contributed by atoms with Crippen molar-refractivity contribution in [3.63, 3.8) is 0 Å². The third kappa shape index (κ3) is 3.54. The van der Waals surface area contributed by atoms with Gasteiger partial charge in [0.15, 0.2) is 0 Å². The fourth-order valence-electron chi connectivity index (χ4n) is 3.14. The van der Waals surface area contributed by atoms with Crippen LogP contribution in [0, 0.1) is 0 Å². The van der Waals surface area contributed by atoms with Crippen LogP contribution in [0.25, 0.3) is 5.70 Å². The number of hydrogen-bond acceptors (Lipinski definition) is 2. The molecule has 1 aliphatic heterocycles. The average molecular weight is 348 g/mol. The summed E-state index contributed by atoms with van der Waals surface area (Å²) in [5, 5.41) is 2.89. The topological polar surface area (TPSA) is 49.4 Å². The van der Waals surface area contributed by atoms with E-state index in [2.05, 4.69) is 25.7 Å². The van der Waals surface area contributed by atoms with Crippen LogP contribution in [0.3, 0.4) is 0 Å². The predicted molar refractivity (Wildman–Crippen MR) is 105 cm³/mol. The van der Waals surface area contributed by atoms with Crippen molar-refractivity contribution in [3.8, 4) is 0 Å². The number of carbonyl (C=O) groups excluding carboxylic acids is 2. The lowest BCUT2D eigenvalue weighted by Gasteiger charge is -2.17. The molecule has 0 bridgehead atoms. The van der Waals surface area contributed by atoms with Crippen molar-refractivity contribution in [2.45, 2.75) is 32.6 Å². The van der Waals surface area contributed by atoms with Gasteiger partial charge in [-0.25, -0.2) is 0 Å². The van der Waals surface area contributed by atoms with Crippen LogP contribution < -0.4 is 5.32 Å². The number of hydrogen-bond donors (Lipinski definition) is 1. The maximum atomic E-state index is 12.4. The second kappa shape index (κ2) is 7.56. The highest BCUT2D eigenvalue weighted by molar-refractivity contribution is 6.09. The van der Waals surface area contributed by atoms with Crippen LogP contribution in [-0.4, -0.2) is 23.3 Å². The van der Waals surface area contributed by atoms with Gasteiger partial charge >= 0.3 is 0 Å². The largest absolute Gasteiger partial charge is 0.326 e. The highest BCUT2D eigenvalue weighted by Gasteiger charge is 2.30. The van der Waals surface area contributed by atoms with Crippen LogP contribution in [0.4, 0.5) is 5.69 Å². The van der Waals surface area contributed by atoms with Gasteiger partial charge in [0.05, 0.1) is 0 Å². The zero-order valence-electron chi connectivity index (χ0n) is 15.3. The molecule has 1 N–H and O–H groups in total. The van der Waals surface area contributed by atoms with E-state index in [0.717, 1.165) is 17.7 Å². The van der Waals surface area contributed by atoms with E-state index >= 15 is 0 Å². The van der Waals surface area contributed by atoms with Gasteiger partial charge in [0.2, 0.25) is 5.91 Å². The third-order valence-electron chi connectivity index (χ3n) is 4.98. The van der Waals surface area contributed by atoms with Gasteiger partial charge in [-0.2, -0.15) is 0 Å². The minimum atomic E-state index is -0.113. The van der Waals surface area contributed by atoms with Gasteiger partial charge in [-0.05, 0) is 36.1 Å². The molecular weight excluding hydrogens is 324 g/mol. The number of nitrogens with one attached hydrogen (secondary N) is 1. The molecule has 0 aromatic heterocycles. The van der Waals surface area contributed by atoms with E-state index in [-0.39, 0.29) is 18.2 Å². The Morgan fingerprint density at radius 2 is 1.77 bits per heavy atom. The van der Waals surface area contributed by atoms with E-state index in [1.807, 2.05) is 42.5 Å². The molecule has 1 heterocycles. The lowest BCUT2D eigenvalue weighted by atomic mass is 9.99. The standard InChI is InChI=1S/C22H24N2O2/c1-4-15(2)17-9-11-18(12-10-17)23-21(25)13-14-24-16(3)19-7-5-6-8-20(19)22(24)26/h5-12,15H,3-4,13-14H2,1-2H3,(H,23,25). The van der Waals surface area contributed by atoms with Gasteiger partial charge in [-0.1, -0.05) is 50.8 Å². The fraction of sp³-hybridized carbons (Fsp3) is 0.273. The van der Waals surface area contributed by atoms with E-state index < -0.39 is 0 Å². The molecule has 0 aliphatic carbocycles. The Hall–Kier alpha value is -2.88. The van der Waals surface area contributed by atoms with Crippen LogP contribution >= 0.6 is 0 Å². The molecule has 2 amide bonds. The molecular formula is C22H24N2O2. The summed E-state index contributed by atoms with van der Waals surface area (Å²) in [6, 6.07) is 15.3. The number of benzene rings is 2. The Bertz CT molecular complexity index is 804. The molecule has 1 unspecified atom stereocenters. The normalized spacial score (nSPS) is 14.3. The van der Waals surface area contributed by atoms with Gasteiger partial charge in [0, 0.05) is 35.5 Å². The zero-order valence-corrected chi connectivity index (χ0v) is 15.3. The Labute approximate surface area is 154 Å². The lowest BCUT2D eigenvalue weighted by Crippen LogP contribution is -2.27. The molecule has 0 spiro atoms. The van der Waals surface area contributed by atoms with Gasteiger partial charge < -0.3 is 10.2 Å². The molecule has 26 heavy (non-hydrogen) atoms. The molecule has 134 valence electrons. The molecule has 3 rings (SSSR count). The first-order valence-electron chi connectivity index (χ1n) is 9.01. The average Bonchev–Trinajstić information content (AvgIpc) is 2.91. The highest BCUT2D eigenvalue weighted by atomic mass is 16.2. The second-order valence-corrected chi connectivity index (χ2v) is 6.68. The number of rotatable bonds is 6. The van der Waals surface area contributed by atoms with Crippen molar-refractivity contribution in [3.05, 3.63) is 71.8 Å². The molecule has 0 fully saturated rings. The Morgan fingerprint density at radius 3 is 2.38 bits per heavy atom. The predicted octanol–water partition coefficient (Wildman–Crippen LogP) is 4.66. The maximum Gasteiger partial charge on any atom is 0.258 e. The molecule has 0 saturated heterocycles. The quantitative estimate of drug-likeness (QED) is 0.826. The van der Waals surface area contributed by atoms with E-state index in [9.17, 15) is 9.59 Å². The summed E-state index contributed by atoms with van der Waals surface area (Å²) in [6.07, 6.45) is 1.31. The van der Waals surface area contributed by atoms with E-state index in [1.165, 1.54) is 5.56 Å². The Balaban J connectivity index is 1.57. The summed E-state index contributed by atoms with van der Waals surface area (Å²) in [6.45, 7) is 8.66. The summed E-state index contributed by atoms with van der Waals surface area (Å²) >= 11 is 0. The molecule has 1 atom stereocenters. The summed E-state index contributed by atoms with van der Waals surface area (Å²) in [5.74, 6) is 0.308. The van der Waals surface area contributed by atoms with Gasteiger partial charge in [0.25, 0.3) is 5.91 Å². The van der Waals surface area contributed by atoms with Crippen LogP contribution in [0.1, 0.15) is 54.1 Å². The van der Waals surface area contributed by atoms with Crippen LogP contribution in [0.5, 0.6) is 0 Å². The summed E-state index contributed by atoms with van der Waals surface area (Å²) in [5.41, 5.74) is 4.20. The minimum Gasteiger partial charge on any atom is -0.326 e. The van der Waals surface area contributed by atoms with Crippen LogP contribution in [0.2, 0.25) is 0 Å². The first-order valence-corrected chi connectivity index (χ1v) is 9.01. The summed E-state index contributed by atoms with van der Waals surface area (Å²) < 4.78 is 0. The molecule has 4 nitrogen and oxygen atoms in total. The monoisotopic (exact) mass is 348 g/mol. The highest BCUT2D eigenvalue weighted by Crippen LogP contribution is 2.31. The third-order valence-corrected chi connectivity index (χ3v) is 4.98. The maximum absolute atomic E-state index is 12.4. The fourth-order valence-corrected chi connectivity index (χ4v) is 3.14. The molecule has 0 saturated carbocycles. The van der Waals surface area contributed by atoms with Gasteiger partial charge in [-0.3, -0.25) is 9.59 Å². The van der Waals surface area contributed by atoms with Crippen molar-refractivity contribution in [2.24, 2.45) is 0 Å². The lowest BCUT2D eigenvalue weighted by molar-refractivity contribution is -0.116. The SMILES string of the molecule is C=C1c2ccccc2C(=O)N1CCC(=O)Nc1ccc(C(C)CC)cc1. The van der Waals surface area contributed by atoms with Crippen molar-refractivity contribution >= 4 is 23.2 Å². The van der Waals surface area contributed by atoms with Crippen molar-refractivity contribution in [1.29, 1.82) is 0 Å². The van der Waals surface area contributed by atoms with Crippen LogP contribution in [0.15, 0.2) is 55.1 Å². The smallest absolute Gasteiger partial charge is 0.258 e. The second-order valence-electron chi connectivity index (χ2n) is 6.68. The van der Waals surface area contributed by atoms with Crippen molar-refractivity contribution in [2.75, 3.05) is 11.9 Å². The van der Waals surface area contributed by atoms with Gasteiger partial charge in [0.1, 0.15) is 0 Å². The Kier molecular flexibility index (Phi) is 5.21. The molecule has 1 aliphatic rings. The summed E-state index contributed by atoms with van der Waals surface area (Å²) in [7, 11) is 0. The molecule has 0 radical (unpaired) electrons. The summed E-state index contributed by atoms with van der Waals surface area (Å²) in [4.78, 5) is 26.3. The Morgan fingerprint density at radius 1 is 1.12 bits per heavy atom. The van der Waals surface area contributed by atoms with Gasteiger partial charge in [-0.15, -0.1) is 0 Å². The number of amides is 2. The molecule has 2 aromatic rings. The first-order chi connectivity index (χ1) is 12.5. The minimum absolute atomic E-state index is 0.0868. The zero-order chi connectivity index (χ0) is 18.7. The number of nitrogens with zero attached hydrogens (tertiary/aromatic N) is 1. The van der Waals surface area contributed by atoms with Crippen LogP contribution in [-0.2, 0) is 4.79 Å². The number of fused-ring (bicyclic) bond motifs is 1. The molecule has 4 heteroatoms.